The number of benzene rings is 2. The lowest BCUT2D eigenvalue weighted by Gasteiger charge is -2.18. The average Bonchev–Trinajstić information content (AvgIpc) is 3.53. The van der Waals surface area contributed by atoms with Gasteiger partial charge in [-0.05, 0) is 61.4 Å². The summed E-state index contributed by atoms with van der Waals surface area (Å²) in [5.74, 6) is 0.741. The molecule has 0 bridgehead atoms. The van der Waals surface area contributed by atoms with Gasteiger partial charge in [0.05, 0.1) is 5.92 Å². The first kappa shape index (κ1) is 22.3. The van der Waals surface area contributed by atoms with Crippen LogP contribution in [0.3, 0.4) is 0 Å². The van der Waals surface area contributed by atoms with E-state index in [0.717, 1.165) is 16.9 Å². The molecule has 2 aromatic carbocycles. The van der Waals surface area contributed by atoms with Crippen molar-refractivity contribution in [2.75, 3.05) is 22.1 Å². The maximum Gasteiger partial charge on any atom is 0.229 e. The number of rotatable bonds is 6. The molecule has 35 heavy (non-hydrogen) atoms. The van der Waals surface area contributed by atoms with Crippen molar-refractivity contribution in [1.29, 1.82) is 0 Å². The highest BCUT2D eigenvalue weighted by molar-refractivity contribution is 6.03. The van der Waals surface area contributed by atoms with Crippen LogP contribution in [0.25, 0.3) is 5.82 Å². The van der Waals surface area contributed by atoms with Gasteiger partial charge in [-0.2, -0.15) is 0 Å². The van der Waals surface area contributed by atoms with Crippen LogP contribution >= 0.6 is 0 Å². The predicted octanol–water partition coefficient (Wildman–Crippen LogP) is 4.01. The van der Waals surface area contributed by atoms with Crippen LogP contribution < -0.4 is 15.5 Å². The first-order valence-corrected chi connectivity index (χ1v) is 11.3. The Hall–Kier alpha value is -4.53. The Labute approximate surface area is 202 Å². The van der Waals surface area contributed by atoms with Crippen LogP contribution in [-0.2, 0) is 9.59 Å². The summed E-state index contributed by atoms with van der Waals surface area (Å²) in [6.07, 6.45) is 6.84. The zero-order valence-electron chi connectivity index (χ0n) is 19.5. The Kier molecular flexibility index (Phi) is 5.97. The fourth-order valence-corrected chi connectivity index (χ4v) is 4.01. The highest BCUT2D eigenvalue weighted by Crippen LogP contribution is 2.28. The number of nitrogens with zero attached hydrogens (tertiary/aromatic N) is 5. The molecule has 0 saturated carbocycles. The molecule has 176 valence electrons. The van der Waals surface area contributed by atoms with Crippen molar-refractivity contribution in [1.82, 2.24) is 19.5 Å². The van der Waals surface area contributed by atoms with Crippen LogP contribution in [0.15, 0.2) is 73.6 Å². The van der Waals surface area contributed by atoms with Gasteiger partial charge in [0.25, 0.3) is 0 Å². The zero-order chi connectivity index (χ0) is 24.4. The molecule has 5 rings (SSSR count). The van der Waals surface area contributed by atoms with Gasteiger partial charge in [0.2, 0.25) is 11.8 Å². The molecule has 9 heteroatoms. The lowest BCUT2D eigenvalue weighted by molar-refractivity contribution is -0.122. The second-order valence-electron chi connectivity index (χ2n) is 8.60. The summed E-state index contributed by atoms with van der Waals surface area (Å²) in [5.41, 5.74) is 4.61. The minimum Gasteiger partial charge on any atom is -0.340 e. The molecule has 2 amide bonds. The van der Waals surface area contributed by atoms with Crippen LogP contribution in [0.5, 0.6) is 0 Å². The van der Waals surface area contributed by atoms with Gasteiger partial charge in [-0.25, -0.2) is 15.0 Å². The fraction of sp³-hybridized carbons (Fsp3) is 0.192. The fourth-order valence-electron chi connectivity index (χ4n) is 4.01. The molecule has 0 aliphatic carbocycles. The van der Waals surface area contributed by atoms with E-state index in [1.807, 2.05) is 68.6 Å². The summed E-state index contributed by atoms with van der Waals surface area (Å²) in [5, 5.41) is 6.17. The van der Waals surface area contributed by atoms with Crippen molar-refractivity contribution in [2.24, 2.45) is 5.92 Å². The number of hydrogen-bond donors (Lipinski definition) is 2. The van der Waals surface area contributed by atoms with Crippen LogP contribution in [0.4, 0.5) is 22.9 Å². The summed E-state index contributed by atoms with van der Waals surface area (Å²) in [6, 6.07) is 15.1. The van der Waals surface area contributed by atoms with Gasteiger partial charge in [0.1, 0.15) is 24.3 Å². The lowest BCUT2D eigenvalue weighted by atomic mass is 10.1. The number of carbonyl (C=O) groups is 2. The average molecular weight is 468 g/mol. The third-order valence-corrected chi connectivity index (χ3v) is 6.14. The summed E-state index contributed by atoms with van der Waals surface area (Å²) in [6.45, 7) is 4.43. The summed E-state index contributed by atoms with van der Waals surface area (Å²) < 4.78 is 1.79. The number of aromatic nitrogens is 4. The molecule has 2 aromatic heterocycles. The van der Waals surface area contributed by atoms with Gasteiger partial charge >= 0.3 is 0 Å². The monoisotopic (exact) mass is 467 g/mol. The van der Waals surface area contributed by atoms with Gasteiger partial charge in [0, 0.05) is 48.5 Å². The molecule has 1 aliphatic rings. The maximum atomic E-state index is 12.9. The van der Waals surface area contributed by atoms with Gasteiger partial charge in [-0.15, -0.1) is 0 Å². The van der Waals surface area contributed by atoms with Crippen molar-refractivity contribution >= 4 is 34.7 Å². The number of anilines is 4. The normalized spacial score (nSPS) is 15.3. The summed E-state index contributed by atoms with van der Waals surface area (Å²) in [7, 11) is 0. The van der Waals surface area contributed by atoms with Crippen molar-refractivity contribution in [3.63, 3.8) is 0 Å². The molecule has 0 spiro atoms. The third kappa shape index (κ3) is 4.89. The molecule has 1 saturated heterocycles. The number of carbonyl (C=O) groups excluding carboxylic acids is 2. The largest absolute Gasteiger partial charge is 0.340 e. The van der Waals surface area contributed by atoms with E-state index in [2.05, 4.69) is 25.6 Å². The molecular weight excluding hydrogens is 442 g/mol. The quantitative estimate of drug-likeness (QED) is 0.444. The summed E-state index contributed by atoms with van der Waals surface area (Å²) >= 11 is 0. The van der Waals surface area contributed by atoms with E-state index in [1.165, 1.54) is 11.9 Å². The smallest absolute Gasteiger partial charge is 0.229 e. The first-order chi connectivity index (χ1) is 17.0. The molecule has 0 radical (unpaired) electrons. The second-order valence-corrected chi connectivity index (χ2v) is 8.60. The van der Waals surface area contributed by atoms with Crippen LogP contribution in [0.1, 0.15) is 17.5 Å². The molecule has 9 nitrogen and oxygen atoms in total. The molecule has 0 unspecified atom stereocenters. The Morgan fingerprint density at radius 1 is 1.00 bits per heavy atom. The van der Waals surface area contributed by atoms with E-state index in [9.17, 15) is 9.59 Å². The Morgan fingerprint density at radius 3 is 2.54 bits per heavy atom. The zero-order valence-corrected chi connectivity index (χ0v) is 19.5. The lowest BCUT2D eigenvalue weighted by Crippen LogP contribution is -2.28. The van der Waals surface area contributed by atoms with Crippen LogP contribution in [0.2, 0.25) is 0 Å². The van der Waals surface area contributed by atoms with Crippen LogP contribution in [-0.4, -0.2) is 37.9 Å². The molecular formula is C26H25N7O2. The number of hydrogen-bond acceptors (Lipinski definition) is 6. The van der Waals surface area contributed by atoms with Crippen molar-refractivity contribution in [3.05, 3.63) is 84.7 Å². The number of imidazole rings is 1. The van der Waals surface area contributed by atoms with Crippen molar-refractivity contribution in [3.8, 4) is 5.82 Å². The minimum absolute atomic E-state index is 0.0344. The molecule has 1 atom stereocenters. The highest BCUT2D eigenvalue weighted by Gasteiger charge is 2.35. The third-order valence-electron chi connectivity index (χ3n) is 6.14. The molecule has 1 aliphatic heterocycles. The number of nitrogens with one attached hydrogen (secondary N) is 2. The Balaban J connectivity index is 1.20. The van der Waals surface area contributed by atoms with E-state index >= 15 is 0 Å². The highest BCUT2D eigenvalue weighted by atomic mass is 16.2. The SMILES string of the molecule is Cc1ccc(N2C[C@@H](C(=O)Nc3ccc(Nc4cc(-n5ccnc5)ncn4)cc3)CC2=O)cc1C. The number of aryl methyl sites for hydroxylation is 2. The van der Waals surface area contributed by atoms with Gasteiger partial charge in [-0.3, -0.25) is 14.2 Å². The van der Waals surface area contributed by atoms with E-state index in [4.69, 9.17) is 0 Å². The second kappa shape index (κ2) is 9.38. The predicted molar refractivity (Wildman–Crippen MR) is 134 cm³/mol. The number of amides is 2. The van der Waals surface area contributed by atoms with Gasteiger partial charge in [-0.1, -0.05) is 6.07 Å². The first-order valence-electron chi connectivity index (χ1n) is 11.3. The van der Waals surface area contributed by atoms with E-state index in [0.29, 0.717) is 23.9 Å². The molecule has 4 aromatic rings. The topological polar surface area (TPSA) is 105 Å². The van der Waals surface area contributed by atoms with Crippen LogP contribution in [0, 0.1) is 19.8 Å². The molecule has 1 fully saturated rings. The molecule has 2 N–H and O–H groups in total. The Morgan fingerprint density at radius 2 is 1.80 bits per heavy atom. The van der Waals surface area contributed by atoms with Crippen molar-refractivity contribution in [2.45, 2.75) is 20.3 Å². The van der Waals surface area contributed by atoms with E-state index in [-0.39, 0.29) is 18.2 Å². The van der Waals surface area contributed by atoms with E-state index < -0.39 is 5.92 Å². The molecule has 3 heterocycles. The minimum atomic E-state index is -0.399. The Bertz CT molecular complexity index is 1370. The standard InChI is InChI=1S/C26H25N7O2/c1-17-3-8-22(11-18(17)2)33-14-19(12-25(33)34)26(35)31-21-6-4-20(5-7-21)30-23-13-24(29-15-28-23)32-10-9-27-16-32/h3-11,13,15-16,19H,12,14H2,1-2H3,(H,31,35)(H,28,29,30)/t19-/m0/s1. The van der Waals surface area contributed by atoms with Gasteiger partial charge < -0.3 is 15.5 Å². The maximum absolute atomic E-state index is 12.9. The summed E-state index contributed by atoms with van der Waals surface area (Å²) in [4.78, 5) is 39.7. The van der Waals surface area contributed by atoms with Crippen molar-refractivity contribution < 1.29 is 9.59 Å². The van der Waals surface area contributed by atoms with E-state index in [1.54, 1.807) is 22.0 Å². The van der Waals surface area contributed by atoms with Gasteiger partial charge in [0.15, 0.2) is 0 Å².